The van der Waals surface area contributed by atoms with E-state index in [2.05, 4.69) is 25.9 Å². The highest BCUT2D eigenvalue weighted by Gasteiger charge is 2.23. The Kier molecular flexibility index (Phi) is 9.71. The van der Waals surface area contributed by atoms with Crippen LogP contribution >= 0.6 is 0 Å². The maximum atomic E-state index is 12.7. The molecule has 41 heavy (non-hydrogen) atoms. The minimum Gasteiger partial charge on any atom is -0.351 e. The molecule has 9 nitrogen and oxygen atoms in total. The third-order valence-electron chi connectivity index (χ3n) is 8.00. The van der Waals surface area contributed by atoms with Crippen LogP contribution in [0.15, 0.2) is 54.6 Å². The molecule has 2 heterocycles. The predicted octanol–water partition coefficient (Wildman–Crippen LogP) is 4.77. The number of carbonyl (C=O) groups is 2. The van der Waals surface area contributed by atoms with Gasteiger partial charge in [-0.15, -0.1) is 0 Å². The van der Waals surface area contributed by atoms with Crippen LogP contribution in [-0.4, -0.2) is 53.0 Å². The van der Waals surface area contributed by atoms with E-state index in [1.807, 2.05) is 54.6 Å². The van der Waals surface area contributed by atoms with Crippen LogP contribution in [0.5, 0.6) is 0 Å². The van der Waals surface area contributed by atoms with Gasteiger partial charge in [-0.05, 0) is 75.0 Å². The van der Waals surface area contributed by atoms with E-state index in [4.69, 9.17) is 11.5 Å². The fourth-order valence-electron chi connectivity index (χ4n) is 5.86. The molecule has 1 aliphatic rings. The summed E-state index contributed by atoms with van der Waals surface area (Å²) in [7, 11) is 0. The summed E-state index contributed by atoms with van der Waals surface area (Å²) in [6.07, 6.45) is 9.84. The zero-order valence-electron chi connectivity index (χ0n) is 23.7. The lowest BCUT2D eigenvalue weighted by atomic mass is 9.88. The van der Waals surface area contributed by atoms with Crippen LogP contribution in [-0.2, 0) is 0 Å². The van der Waals surface area contributed by atoms with Gasteiger partial charge in [0.1, 0.15) is 11.4 Å². The highest BCUT2D eigenvalue weighted by atomic mass is 16.2. The number of aromatic nitrogens is 2. The van der Waals surface area contributed by atoms with Crippen LogP contribution in [0, 0.1) is 0 Å². The van der Waals surface area contributed by atoms with Crippen molar-refractivity contribution in [2.75, 3.05) is 18.4 Å². The number of unbranched alkanes of at least 4 members (excludes halogenated alkanes) is 5. The van der Waals surface area contributed by atoms with E-state index < -0.39 is 0 Å². The van der Waals surface area contributed by atoms with Gasteiger partial charge < -0.3 is 37.4 Å². The van der Waals surface area contributed by atoms with Crippen molar-refractivity contribution in [3.63, 3.8) is 0 Å². The smallest absolute Gasteiger partial charge is 0.272 e. The van der Waals surface area contributed by atoms with Crippen molar-refractivity contribution in [3.05, 3.63) is 66.0 Å². The minimum atomic E-state index is -0.208. The normalized spacial score (nSPS) is 19.0. The lowest BCUT2D eigenvalue weighted by Gasteiger charge is -2.31. The number of aromatic amines is 2. The molecular weight excluding hydrogens is 514 g/mol. The van der Waals surface area contributed by atoms with Gasteiger partial charge in [-0.3, -0.25) is 9.59 Å². The summed E-state index contributed by atoms with van der Waals surface area (Å²) in [5, 5.41) is 11.4. The fourth-order valence-corrected chi connectivity index (χ4v) is 5.86. The summed E-state index contributed by atoms with van der Waals surface area (Å²) >= 11 is 0. The van der Waals surface area contributed by atoms with Crippen molar-refractivity contribution >= 4 is 39.3 Å². The lowest BCUT2D eigenvalue weighted by Crippen LogP contribution is -2.47. The van der Waals surface area contributed by atoms with Gasteiger partial charge in [-0.1, -0.05) is 43.9 Å². The standard InChI is InChI=1S/C32H43N7O2/c33-23-18-24(34)20-26(19-23)35-13-7-3-1-2-4-8-14-36-31(40)29-17-22-15-25(11-12-28(22)39-29)37-32(41)30-16-21-9-5-6-10-27(21)38-30/h5-6,9-12,15-17,23-24,26,35,38-39H,1-4,7-8,13-14,18-20,33-34H2,(H,36,40)(H,37,41)/t23-,24+,26?. The third kappa shape index (κ3) is 7.97. The first-order chi connectivity index (χ1) is 19.9. The van der Waals surface area contributed by atoms with E-state index in [0.29, 0.717) is 29.7 Å². The number of nitrogens with one attached hydrogen (secondary N) is 5. The van der Waals surface area contributed by atoms with Crippen molar-refractivity contribution in [3.8, 4) is 0 Å². The number of hydrogen-bond donors (Lipinski definition) is 7. The average Bonchev–Trinajstić information content (AvgIpc) is 3.58. The lowest BCUT2D eigenvalue weighted by molar-refractivity contribution is 0.0948. The van der Waals surface area contributed by atoms with Gasteiger partial charge in [0.15, 0.2) is 0 Å². The molecule has 2 aromatic carbocycles. The number of fused-ring (bicyclic) bond motifs is 2. The first kappa shape index (κ1) is 28.9. The van der Waals surface area contributed by atoms with Gasteiger partial charge in [-0.25, -0.2) is 0 Å². The summed E-state index contributed by atoms with van der Waals surface area (Å²) in [6.45, 7) is 1.69. The van der Waals surface area contributed by atoms with Crippen LogP contribution in [0.3, 0.4) is 0 Å². The Morgan fingerprint density at radius 3 is 2.10 bits per heavy atom. The molecule has 0 bridgehead atoms. The van der Waals surface area contributed by atoms with Crippen molar-refractivity contribution in [1.29, 1.82) is 0 Å². The fraction of sp³-hybridized carbons (Fsp3) is 0.438. The molecule has 2 aromatic heterocycles. The Labute approximate surface area is 241 Å². The van der Waals surface area contributed by atoms with E-state index >= 15 is 0 Å². The van der Waals surface area contributed by atoms with E-state index in [0.717, 1.165) is 60.5 Å². The Morgan fingerprint density at radius 1 is 0.707 bits per heavy atom. The summed E-state index contributed by atoms with van der Waals surface area (Å²) in [5.74, 6) is -0.321. The second kappa shape index (κ2) is 13.8. The highest BCUT2D eigenvalue weighted by Crippen LogP contribution is 2.22. The molecule has 1 saturated carbocycles. The van der Waals surface area contributed by atoms with Gasteiger partial charge in [-0.2, -0.15) is 0 Å². The van der Waals surface area contributed by atoms with Crippen molar-refractivity contribution in [2.24, 2.45) is 11.5 Å². The topological polar surface area (TPSA) is 154 Å². The summed E-state index contributed by atoms with van der Waals surface area (Å²) < 4.78 is 0. The van der Waals surface area contributed by atoms with Gasteiger partial charge in [0.25, 0.3) is 11.8 Å². The van der Waals surface area contributed by atoms with Gasteiger partial charge in [0.05, 0.1) is 0 Å². The Bertz CT molecular complexity index is 1420. The highest BCUT2D eigenvalue weighted by molar-refractivity contribution is 6.07. The number of amides is 2. The van der Waals surface area contributed by atoms with Crippen molar-refractivity contribution < 1.29 is 9.59 Å². The molecule has 2 amide bonds. The summed E-state index contributed by atoms with van der Waals surface area (Å²) in [6, 6.07) is 18.0. The quantitative estimate of drug-likeness (QED) is 0.118. The second-order valence-electron chi connectivity index (χ2n) is 11.5. The first-order valence-corrected chi connectivity index (χ1v) is 15.0. The third-order valence-corrected chi connectivity index (χ3v) is 8.00. The van der Waals surface area contributed by atoms with Crippen LogP contribution in [0.25, 0.3) is 21.8 Å². The van der Waals surface area contributed by atoms with Gasteiger partial charge >= 0.3 is 0 Å². The number of nitrogens with two attached hydrogens (primary N) is 2. The zero-order chi connectivity index (χ0) is 28.6. The Balaban J connectivity index is 0.978. The monoisotopic (exact) mass is 557 g/mol. The van der Waals surface area contributed by atoms with Crippen molar-refractivity contribution in [2.45, 2.75) is 75.9 Å². The number of rotatable bonds is 13. The van der Waals surface area contributed by atoms with E-state index in [-0.39, 0.29) is 23.9 Å². The molecule has 0 radical (unpaired) electrons. The van der Waals surface area contributed by atoms with Crippen molar-refractivity contribution in [1.82, 2.24) is 20.6 Å². The van der Waals surface area contributed by atoms with Crippen LogP contribution < -0.4 is 27.4 Å². The molecule has 0 saturated heterocycles. The molecule has 0 spiro atoms. The zero-order valence-corrected chi connectivity index (χ0v) is 23.7. The molecule has 218 valence electrons. The van der Waals surface area contributed by atoms with E-state index in [1.54, 1.807) is 0 Å². The van der Waals surface area contributed by atoms with Gasteiger partial charge in [0.2, 0.25) is 0 Å². The summed E-state index contributed by atoms with van der Waals surface area (Å²) in [5.41, 5.74) is 15.6. The molecule has 5 rings (SSSR count). The molecular formula is C32H43N7O2. The molecule has 1 unspecified atom stereocenters. The van der Waals surface area contributed by atoms with E-state index in [9.17, 15) is 9.59 Å². The van der Waals surface area contributed by atoms with E-state index in [1.165, 1.54) is 25.7 Å². The SMILES string of the molecule is N[C@@H]1CC(NCCCCCCCCNC(=O)c2cc3cc(NC(=O)c4cc5ccccc5[nH]4)ccc3[nH]2)C[C@H](N)C1. The largest absolute Gasteiger partial charge is 0.351 e. The molecule has 4 aromatic rings. The molecule has 1 fully saturated rings. The Hall–Kier alpha value is -3.66. The maximum Gasteiger partial charge on any atom is 0.272 e. The number of H-pyrrole nitrogens is 2. The van der Waals surface area contributed by atoms with Gasteiger partial charge in [0, 0.05) is 52.2 Å². The predicted molar refractivity (Wildman–Crippen MR) is 166 cm³/mol. The molecule has 1 aliphatic carbocycles. The number of hydrogen-bond acceptors (Lipinski definition) is 5. The molecule has 0 aliphatic heterocycles. The molecule has 9 N–H and O–H groups in total. The number of anilines is 1. The van der Waals surface area contributed by atoms with Crippen LogP contribution in [0.2, 0.25) is 0 Å². The Morgan fingerprint density at radius 2 is 1.34 bits per heavy atom. The van der Waals surface area contributed by atoms with Crippen LogP contribution in [0.4, 0.5) is 5.69 Å². The number of carbonyl (C=O) groups excluding carboxylic acids is 2. The molecule has 3 atom stereocenters. The first-order valence-electron chi connectivity index (χ1n) is 15.0. The summed E-state index contributed by atoms with van der Waals surface area (Å²) in [4.78, 5) is 31.8. The molecule has 9 heteroatoms. The maximum absolute atomic E-state index is 12.7. The van der Waals surface area contributed by atoms with Crippen LogP contribution in [0.1, 0.15) is 78.8 Å². The average molecular weight is 558 g/mol. The minimum absolute atomic E-state index is 0.113. The number of benzene rings is 2. The number of para-hydroxylation sites is 1. The second-order valence-corrected chi connectivity index (χ2v) is 11.5.